The highest BCUT2D eigenvalue weighted by Crippen LogP contribution is 2.59. The summed E-state index contributed by atoms with van der Waals surface area (Å²) < 4.78 is 65.4. The summed E-state index contributed by atoms with van der Waals surface area (Å²) in [4.78, 5) is 4.72. The lowest BCUT2D eigenvalue weighted by atomic mass is 10.2. The molecular formula is C15H22F3NO3S2. The van der Waals surface area contributed by atoms with Crippen LogP contribution in [-0.4, -0.2) is 36.2 Å². The van der Waals surface area contributed by atoms with Gasteiger partial charge in [-0.3, -0.25) is 4.98 Å². The average Bonchev–Trinajstić information content (AvgIpc) is 3.34. The second-order valence-corrected chi connectivity index (χ2v) is 11.5. The van der Waals surface area contributed by atoms with Crippen molar-refractivity contribution in [3.05, 3.63) is 18.0 Å². The summed E-state index contributed by atoms with van der Waals surface area (Å²) in [5.41, 5.74) is -4.64. The quantitative estimate of drug-likeness (QED) is 0.515. The summed E-state index contributed by atoms with van der Waals surface area (Å²) in [7, 11) is -7.16. The standard InChI is InChI=1S/C15H22F3NO3S2/c1-4-23(5-2,6-3)14-9-12(11-7-8-11)19-10-13(14)22-24(20,21)15(16,17)18/h9-11H,4-8H2,1-3H3. The molecule has 0 bridgehead atoms. The molecule has 0 amide bonds. The van der Waals surface area contributed by atoms with E-state index < -0.39 is 25.7 Å². The molecule has 0 saturated heterocycles. The van der Waals surface area contributed by atoms with Gasteiger partial charge in [0.25, 0.3) is 0 Å². The molecule has 24 heavy (non-hydrogen) atoms. The molecule has 1 heterocycles. The van der Waals surface area contributed by atoms with Gasteiger partial charge in [0, 0.05) is 16.5 Å². The third-order valence-corrected chi connectivity index (χ3v) is 9.99. The summed E-state index contributed by atoms with van der Waals surface area (Å²) in [5.74, 6) is 2.28. The Morgan fingerprint density at radius 3 is 2.12 bits per heavy atom. The van der Waals surface area contributed by atoms with Crippen molar-refractivity contribution in [3.63, 3.8) is 0 Å². The van der Waals surface area contributed by atoms with Crippen LogP contribution in [0.2, 0.25) is 0 Å². The van der Waals surface area contributed by atoms with E-state index >= 15 is 0 Å². The summed E-state index contributed by atoms with van der Waals surface area (Å²) in [6, 6.07) is 1.77. The van der Waals surface area contributed by atoms with Crippen LogP contribution in [0.1, 0.15) is 45.2 Å². The molecule has 0 atom stereocenters. The first-order valence-electron chi connectivity index (χ1n) is 7.87. The summed E-state index contributed by atoms with van der Waals surface area (Å²) in [6.45, 7) is 5.92. The smallest absolute Gasteiger partial charge is 0.373 e. The van der Waals surface area contributed by atoms with Gasteiger partial charge in [0.15, 0.2) is 5.75 Å². The number of hydrogen-bond donors (Lipinski definition) is 0. The topological polar surface area (TPSA) is 56.3 Å². The Morgan fingerprint density at radius 1 is 1.17 bits per heavy atom. The van der Waals surface area contributed by atoms with Crippen LogP contribution < -0.4 is 4.18 Å². The van der Waals surface area contributed by atoms with Gasteiger partial charge in [0.2, 0.25) is 0 Å². The normalized spacial score (nSPS) is 16.9. The number of halogens is 3. The molecule has 0 aromatic carbocycles. The predicted molar refractivity (Wildman–Crippen MR) is 89.3 cm³/mol. The zero-order chi connectivity index (χ0) is 18.2. The van der Waals surface area contributed by atoms with Gasteiger partial charge >= 0.3 is 15.6 Å². The van der Waals surface area contributed by atoms with Crippen LogP contribution in [0.15, 0.2) is 17.2 Å². The SMILES string of the molecule is CCS(CC)(CC)c1cc(C2CC2)ncc1OS(=O)(=O)C(F)(F)F. The van der Waals surface area contributed by atoms with Crippen LogP contribution in [0, 0.1) is 0 Å². The van der Waals surface area contributed by atoms with Crippen molar-refractivity contribution >= 4 is 20.1 Å². The third-order valence-electron chi connectivity index (χ3n) is 4.46. The Bertz CT molecular complexity index is 688. The molecule has 2 rings (SSSR count). The second kappa shape index (κ2) is 6.74. The molecule has 1 aromatic rings. The van der Waals surface area contributed by atoms with Crippen LogP contribution in [0.3, 0.4) is 0 Å². The van der Waals surface area contributed by atoms with Crippen LogP contribution in [0.5, 0.6) is 5.75 Å². The van der Waals surface area contributed by atoms with E-state index in [2.05, 4.69) is 9.17 Å². The molecule has 4 nitrogen and oxygen atoms in total. The minimum Gasteiger partial charge on any atom is -0.373 e. The van der Waals surface area contributed by atoms with Crippen molar-refractivity contribution in [2.24, 2.45) is 0 Å². The molecular weight excluding hydrogens is 363 g/mol. The molecule has 0 radical (unpaired) electrons. The summed E-state index contributed by atoms with van der Waals surface area (Å²) in [5, 5.41) is 0. The number of aromatic nitrogens is 1. The fraction of sp³-hybridized carbons (Fsp3) is 0.667. The Morgan fingerprint density at radius 2 is 1.71 bits per heavy atom. The molecule has 0 N–H and O–H groups in total. The first-order valence-corrected chi connectivity index (χ1v) is 11.4. The van der Waals surface area contributed by atoms with E-state index in [0.717, 1.165) is 42.0 Å². The highest BCUT2D eigenvalue weighted by molar-refractivity contribution is 8.33. The van der Waals surface area contributed by atoms with Crippen LogP contribution in [0.4, 0.5) is 13.2 Å². The van der Waals surface area contributed by atoms with Crippen molar-refractivity contribution in [3.8, 4) is 5.75 Å². The van der Waals surface area contributed by atoms with Gasteiger partial charge in [-0.1, -0.05) is 20.8 Å². The molecule has 1 fully saturated rings. The lowest BCUT2D eigenvalue weighted by Crippen LogP contribution is -2.28. The van der Waals surface area contributed by atoms with E-state index in [1.165, 1.54) is 0 Å². The Kier molecular flexibility index (Phi) is 5.44. The van der Waals surface area contributed by atoms with E-state index in [-0.39, 0.29) is 5.75 Å². The second-order valence-electron chi connectivity index (χ2n) is 5.72. The van der Waals surface area contributed by atoms with E-state index in [9.17, 15) is 21.6 Å². The Balaban J connectivity index is 2.55. The maximum atomic E-state index is 12.7. The zero-order valence-electron chi connectivity index (χ0n) is 13.9. The molecule has 1 aromatic heterocycles. The van der Waals surface area contributed by atoms with Gasteiger partial charge < -0.3 is 4.18 Å². The third kappa shape index (κ3) is 3.66. The minimum absolute atomic E-state index is 0.280. The summed E-state index contributed by atoms with van der Waals surface area (Å²) >= 11 is 0. The van der Waals surface area contributed by atoms with Crippen molar-refractivity contribution in [1.29, 1.82) is 0 Å². The lowest BCUT2D eigenvalue weighted by molar-refractivity contribution is -0.0501. The van der Waals surface area contributed by atoms with Crippen molar-refractivity contribution in [2.45, 2.75) is 49.9 Å². The first kappa shape index (κ1) is 19.4. The highest BCUT2D eigenvalue weighted by Gasteiger charge is 2.49. The minimum atomic E-state index is -5.70. The fourth-order valence-corrected chi connectivity index (χ4v) is 6.25. The maximum absolute atomic E-state index is 12.7. The molecule has 1 aliphatic rings. The highest BCUT2D eigenvalue weighted by atomic mass is 32.3. The monoisotopic (exact) mass is 385 g/mol. The zero-order valence-corrected chi connectivity index (χ0v) is 15.5. The van der Waals surface area contributed by atoms with Crippen LogP contribution in [-0.2, 0) is 10.1 Å². The number of nitrogens with zero attached hydrogens (tertiary/aromatic N) is 1. The van der Waals surface area contributed by atoms with E-state index in [0.29, 0.717) is 10.8 Å². The van der Waals surface area contributed by atoms with E-state index in [1.807, 2.05) is 20.8 Å². The number of alkyl halides is 3. The number of pyridine rings is 1. The molecule has 1 aliphatic carbocycles. The van der Waals surface area contributed by atoms with Crippen LogP contribution in [0.25, 0.3) is 0 Å². The van der Waals surface area contributed by atoms with Gasteiger partial charge in [-0.05, 0) is 36.2 Å². The lowest BCUT2D eigenvalue weighted by Gasteiger charge is -2.38. The molecule has 138 valence electrons. The molecule has 1 saturated carbocycles. The molecule has 0 unspecified atom stereocenters. The van der Waals surface area contributed by atoms with Gasteiger partial charge in [-0.25, -0.2) is 10.0 Å². The fourth-order valence-electron chi connectivity index (χ4n) is 2.69. The van der Waals surface area contributed by atoms with Gasteiger partial charge in [0.1, 0.15) is 0 Å². The van der Waals surface area contributed by atoms with Gasteiger partial charge in [-0.2, -0.15) is 21.6 Å². The maximum Gasteiger partial charge on any atom is 0.534 e. The number of hydrogen-bond acceptors (Lipinski definition) is 4. The summed E-state index contributed by atoms with van der Waals surface area (Å²) in [6.07, 6.45) is 3.15. The van der Waals surface area contributed by atoms with E-state index in [4.69, 9.17) is 0 Å². The van der Waals surface area contributed by atoms with Crippen molar-refractivity contribution in [1.82, 2.24) is 4.98 Å². The van der Waals surface area contributed by atoms with E-state index in [1.54, 1.807) is 6.07 Å². The number of rotatable bonds is 7. The van der Waals surface area contributed by atoms with Gasteiger partial charge in [0.05, 0.1) is 6.20 Å². The van der Waals surface area contributed by atoms with Crippen LogP contribution >= 0.6 is 10.0 Å². The Labute approximate surface area is 142 Å². The first-order chi connectivity index (χ1) is 11.1. The average molecular weight is 385 g/mol. The van der Waals surface area contributed by atoms with Gasteiger partial charge in [-0.15, -0.1) is 0 Å². The Hall–Kier alpha value is -0.960. The molecule has 0 spiro atoms. The molecule has 9 heteroatoms. The van der Waals surface area contributed by atoms with Crippen molar-refractivity contribution < 1.29 is 25.8 Å². The van der Waals surface area contributed by atoms with Crippen molar-refractivity contribution in [2.75, 3.05) is 17.3 Å². The largest absolute Gasteiger partial charge is 0.534 e. The molecule has 0 aliphatic heterocycles. The predicted octanol–water partition coefficient (Wildman–Crippen LogP) is 4.41.